The van der Waals surface area contributed by atoms with E-state index in [-0.39, 0.29) is 5.91 Å². The van der Waals surface area contributed by atoms with Gasteiger partial charge < -0.3 is 14.5 Å². The fourth-order valence-electron chi connectivity index (χ4n) is 3.72. The molecule has 0 spiro atoms. The molecule has 2 fully saturated rings. The molecule has 0 radical (unpaired) electrons. The molecule has 0 bridgehead atoms. The molecule has 0 aromatic carbocycles. The van der Waals surface area contributed by atoms with E-state index in [1.807, 2.05) is 17.5 Å². The van der Waals surface area contributed by atoms with Gasteiger partial charge in [0.25, 0.3) is 5.91 Å². The van der Waals surface area contributed by atoms with Gasteiger partial charge in [0.15, 0.2) is 0 Å². The first-order chi connectivity index (χ1) is 11.3. The molecular weight excluding hydrogens is 308 g/mol. The first-order valence-electron chi connectivity index (χ1n) is 8.96. The Morgan fingerprint density at radius 3 is 2.83 bits per heavy atom. The van der Waals surface area contributed by atoms with Crippen LogP contribution in [0.15, 0.2) is 17.5 Å². The normalized spacial score (nSPS) is 23.3. The summed E-state index contributed by atoms with van der Waals surface area (Å²) in [6.45, 7) is 7.19. The Kier molecular flexibility index (Phi) is 6.08. The molecule has 1 amide bonds. The molecule has 5 heteroatoms. The minimum absolute atomic E-state index is 0.222. The number of hydrogen-bond acceptors (Lipinski definition) is 4. The van der Waals surface area contributed by atoms with Crippen molar-refractivity contribution < 1.29 is 9.53 Å². The van der Waals surface area contributed by atoms with Gasteiger partial charge in [-0.2, -0.15) is 0 Å². The summed E-state index contributed by atoms with van der Waals surface area (Å²) in [5.41, 5.74) is 0. The molecule has 1 unspecified atom stereocenters. The number of carbonyl (C=O) groups is 1. The summed E-state index contributed by atoms with van der Waals surface area (Å²) in [5.74, 6) is 0.222. The van der Waals surface area contributed by atoms with E-state index >= 15 is 0 Å². The molecule has 1 atom stereocenters. The number of rotatable bonds is 6. The van der Waals surface area contributed by atoms with Gasteiger partial charge in [-0.05, 0) is 43.6 Å². The summed E-state index contributed by atoms with van der Waals surface area (Å²) in [6, 6.07) is 4.30. The van der Waals surface area contributed by atoms with Crippen LogP contribution < -0.4 is 0 Å². The van der Waals surface area contributed by atoms with Crippen LogP contribution in [-0.2, 0) is 4.74 Å². The molecule has 1 aromatic heterocycles. The minimum Gasteiger partial charge on any atom is -0.377 e. The smallest absolute Gasteiger partial charge is 0.264 e. The van der Waals surface area contributed by atoms with Gasteiger partial charge in [-0.1, -0.05) is 13.0 Å². The van der Waals surface area contributed by atoms with Crippen molar-refractivity contribution >= 4 is 17.2 Å². The number of piperidine rings is 1. The van der Waals surface area contributed by atoms with Crippen LogP contribution in [0.1, 0.15) is 48.7 Å². The Bertz CT molecular complexity index is 477. The summed E-state index contributed by atoms with van der Waals surface area (Å²) < 4.78 is 5.75. The summed E-state index contributed by atoms with van der Waals surface area (Å²) in [7, 11) is 0. The molecule has 2 aliphatic rings. The van der Waals surface area contributed by atoms with Gasteiger partial charge in [0.1, 0.15) is 0 Å². The zero-order valence-electron chi connectivity index (χ0n) is 14.1. The van der Waals surface area contributed by atoms with E-state index in [4.69, 9.17) is 4.74 Å². The standard InChI is InChI=1S/C18H28N2O2S/c1-2-9-20(18(21)17-6-4-13-23-17)15-7-10-19(11-8-15)14-16-5-3-12-22-16/h4,6,13,15-16H,2-3,5,7-12,14H2,1H3. The van der Waals surface area contributed by atoms with Gasteiger partial charge in [-0.25, -0.2) is 0 Å². The molecule has 3 rings (SSSR count). The second-order valence-electron chi connectivity index (χ2n) is 6.64. The van der Waals surface area contributed by atoms with E-state index in [0.717, 1.165) is 56.9 Å². The highest BCUT2D eigenvalue weighted by atomic mass is 32.1. The highest BCUT2D eigenvalue weighted by Crippen LogP contribution is 2.22. The molecule has 4 nitrogen and oxygen atoms in total. The van der Waals surface area contributed by atoms with E-state index in [1.165, 1.54) is 12.8 Å². The van der Waals surface area contributed by atoms with Crippen LogP contribution in [0, 0.1) is 0 Å². The molecule has 0 N–H and O–H groups in total. The number of hydrogen-bond donors (Lipinski definition) is 0. The van der Waals surface area contributed by atoms with Crippen molar-refractivity contribution in [1.29, 1.82) is 0 Å². The molecule has 2 saturated heterocycles. The lowest BCUT2D eigenvalue weighted by Crippen LogP contribution is -2.48. The van der Waals surface area contributed by atoms with Crippen molar-refractivity contribution in [2.75, 3.05) is 32.8 Å². The third-order valence-electron chi connectivity index (χ3n) is 4.94. The van der Waals surface area contributed by atoms with E-state index in [0.29, 0.717) is 12.1 Å². The molecule has 128 valence electrons. The number of ether oxygens (including phenoxy) is 1. The maximum absolute atomic E-state index is 12.8. The predicted octanol–water partition coefficient (Wildman–Crippen LogP) is 3.24. The summed E-state index contributed by atoms with van der Waals surface area (Å²) in [6.07, 6.45) is 6.05. The lowest BCUT2D eigenvalue weighted by Gasteiger charge is -2.39. The zero-order chi connectivity index (χ0) is 16.1. The molecule has 1 aromatic rings. The maximum Gasteiger partial charge on any atom is 0.264 e. The van der Waals surface area contributed by atoms with Crippen molar-refractivity contribution in [3.63, 3.8) is 0 Å². The molecule has 23 heavy (non-hydrogen) atoms. The molecule has 0 aliphatic carbocycles. The Morgan fingerprint density at radius 1 is 1.39 bits per heavy atom. The average Bonchev–Trinajstić information content (AvgIpc) is 3.26. The van der Waals surface area contributed by atoms with E-state index in [9.17, 15) is 4.79 Å². The van der Waals surface area contributed by atoms with Crippen LogP contribution >= 0.6 is 11.3 Å². The van der Waals surface area contributed by atoms with E-state index < -0.39 is 0 Å². The molecule has 2 aliphatic heterocycles. The van der Waals surface area contributed by atoms with Crippen LogP contribution in [0.3, 0.4) is 0 Å². The Balaban J connectivity index is 1.54. The minimum atomic E-state index is 0.222. The van der Waals surface area contributed by atoms with Crippen LogP contribution in [0.25, 0.3) is 0 Å². The monoisotopic (exact) mass is 336 g/mol. The lowest BCUT2D eigenvalue weighted by molar-refractivity contribution is 0.0413. The van der Waals surface area contributed by atoms with E-state index in [2.05, 4.69) is 16.7 Å². The van der Waals surface area contributed by atoms with Gasteiger partial charge in [0.05, 0.1) is 11.0 Å². The molecule has 0 saturated carbocycles. The highest BCUT2D eigenvalue weighted by Gasteiger charge is 2.29. The van der Waals surface area contributed by atoms with Crippen molar-refractivity contribution in [1.82, 2.24) is 9.80 Å². The van der Waals surface area contributed by atoms with Crippen LogP contribution in [0.2, 0.25) is 0 Å². The quantitative estimate of drug-likeness (QED) is 0.799. The molecule has 3 heterocycles. The number of likely N-dealkylation sites (tertiary alicyclic amines) is 1. The summed E-state index contributed by atoms with van der Waals surface area (Å²) >= 11 is 1.55. The first kappa shape index (κ1) is 16.9. The Labute approximate surface area is 143 Å². The summed E-state index contributed by atoms with van der Waals surface area (Å²) in [5, 5.41) is 1.99. The molecular formula is C18H28N2O2S. The fourth-order valence-corrected chi connectivity index (χ4v) is 4.40. The van der Waals surface area contributed by atoms with E-state index in [1.54, 1.807) is 11.3 Å². The van der Waals surface area contributed by atoms with Crippen molar-refractivity contribution in [2.45, 2.75) is 51.2 Å². The third-order valence-corrected chi connectivity index (χ3v) is 5.80. The maximum atomic E-state index is 12.8. The van der Waals surface area contributed by atoms with Gasteiger partial charge in [0, 0.05) is 38.8 Å². The second kappa shape index (κ2) is 8.27. The third kappa shape index (κ3) is 4.34. The Morgan fingerprint density at radius 2 is 2.22 bits per heavy atom. The van der Waals surface area contributed by atoms with Gasteiger partial charge in [-0.15, -0.1) is 11.3 Å². The van der Waals surface area contributed by atoms with Crippen molar-refractivity contribution in [2.24, 2.45) is 0 Å². The second-order valence-corrected chi connectivity index (χ2v) is 7.59. The van der Waals surface area contributed by atoms with Gasteiger partial charge in [0.2, 0.25) is 0 Å². The lowest BCUT2D eigenvalue weighted by atomic mass is 10.0. The zero-order valence-corrected chi connectivity index (χ0v) is 14.9. The number of nitrogens with zero attached hydrogens (tertiary/aromatic N) is 2. The fraction of sp³-hybridized carbons (Fsp3) is 0.722. The highest BCUT2D eigenvalue weighted by molar-refractivity contribution is 7.12. The predicted molar refractivity (Wildman–Crippen MR) is 94.1 cm³/mol. The number of thiophene rings is 1. The van der Waals surface area contributed by atoms with Gasteiger partial charge in [-0.3, -0.25) is 4.79 Å². The summed E-state index contributed by atoms with van der Waals surface area (Å²) in [4.78, 5) is 18.3. The van der Waals surface area contributed by atoms with Crippen LogP contribution in [-0.4, -0.2) is 60.6 Å². The number of amides is 1. The average molecular weight is 337 g/mol. The van der Waals surface area contributed by atoms with Crippen LogP contribution in [0.4, 0.5) is 0 Å². The van der Waals surface area contributed by atoms with Crippen LogP contribution in [0.5, 0.6) is 0 Å². The topological polar surface area (TPSA) is 32.8 Å². The largest absolute Gasteiger partial charge is 0.377 e. The SMILES string of the molecule is CCCN(C(=O)c1cccs1)C1CCN(CC2CCCO2)CC1. The van der Waals surface area contributed by atoms with Gasteiger partial charge >= 0.3 is 0 Å². The first-order valence-corrected chi connectivity index (χ1v) is 9.84. The van der Waals surface area contributed by atoms with Crippen molar-refractivity contribution in [3.05, 3.63) is 22.4 Å². The number of carbonyl (C=O) groups excluding carboxylic acids is 1. The van der Waals surface area contributed by atoms with Crippen molar-refractivity contribution in [3.8, 4) is 0 Å². The Hall–Kier alpha value is -0.910.